The van der Waals surface area contributed by atoms with Gasteiger partial charge in [0.2, 0.25) is 0 Å². The lowest BCUT2D eigenvalue weighted by Crippen LogP contribution is -2.06. The number of nitriles is 1. The van der Waals surface area contributed by atoms with Gasteiger partial charge in [-0.05, 0) is 12.1 Å². The highest BCUT2D eigenvalue weighted by Gasteiger charge is 2.32. The van der Waals surface area contributed by atoms with Crippen LogP contribution in [0.5, 0.6) is 5.75 Å². The standard InChI is InChI=1S/C9H6F3NOS/c1-14-8-5(4-13)2-6(3-7(8)15)9(10,11)12/h2-3,15H,1H3. The van der Waals surface area contributed by atoms with E-state index in [9.17, 15) is 13.2 Å². The normalized spacial score (nSPS) is 10.9. The SMILES string of the molecule is COc1c(S)cc(C(F)(F)F)cc1C#N. The number of alkyl halides is 3. The Hall–Kier alpha value is -1.35. The van der Waals surface area contributed by atoms with Gasteiger partial charge in [0, 0.05) is 4.90 Å². The van der Waals surface area contributed by atoms with Crippen molar-refractivity contribution in [3.05, 3.63) is 23.3 Å². The number of halogens is 3. The molecule has 0 radical (unpaired) electrons. The van der Waals surface area contributed by atoms with Crippen LogP contribution in [0.2, 0.25) is 0 Å². The van der Waals surface area contributed by atoms with Gasteiger partial charge in [-0.2, -0.15) is 18.4 Å². The van der Waals surface area contributed by atoms with Crippen molar-refractivity contribution in [1.82, 2.24) is 0 Å². The third-order valence-corrected chi connectivity index (χ3v) is 2.05. The third-order valence-electron chi connectivity index (χ3n) is 1.72. The van der Waals surface area contributed by atoms with Gasteiger partial charge >= 0.3 is 6.18 Å². The van der Waals surface area contributed by atoms with E-state index in [1.807, 2.05) is 0 Å². The molecule has 15 heavy (non-hydrogen) atoms. The highest BCUT2D eigenvalue weighted by atomic mass is 32.1. The lowest BCUT2D eigenvalue weighted by molar-refractivity contribution is -0.137. The van der Waals surface area contributed by atoms with Gasteiger partial charge in [0.1, 0.15) is 11.8 Å². The van der Waals surface area contributed by atoms with E-state index in [-0.39, 0.29) is 16.2 Å². The summed E-state index contributed by atoms with van der Waals surface area (Å²) < 4.78 is 41.8. The van der Waals surface area contributed by atoms with Crippen molar-refractivity contribution in [3.8, 4) is 11.8 Å². The van der Waals surface area contributed by atoms with Crippen LogP contribution in [0.3, 0.4) is 0 Å². The molecule has 0 aromatic heterocycles. The maximum absolute atomic E-state index is 12.3. The van der Waals surface area contributed by atoms with Gasteiger partial charge in [0.25, 0.3) is 0 Å². The lowest BCUT2D eigenvalue weighted by Gasteiger charge is -2.11. The average Bonchev–Trinajstić information content (AvgIpc) is 2.15. The second-order valence-electron chi connectivity index (χ2n) is 2.69. The van der Waals surface area contributed by atoms with Gasteiger partial charge in [0.05, 0.1) is 18.2 Å². The Balaban J connectivity index is 3.41. The van der Waals surface area contributed by atoms with Crippen LogP contribution in [0.15, 0.2) is 17.0 Å². The van der Waals surface area contributed by atoms with E-state index in [1.165, 1.54) is 7.11 Å². The van der Waals surface area contributed by atoms with Crippen LogP contribution < -0.4 is 4.74 Å². The monoisotopic (exact) mass is 233 g/mol. The lowest BCUT2D eigenvalue weighted by atomic mass is 10.1. The second kappa shape index (κ2) is 4.03. The Bertz CT molecular complexity index is 423. The number of benzene rings is 1. The summed E-state index contributed by atoms with van der Waals surface area (Å²) in [6, 6.07) is 3.18. The summed E-state index contributed by atoms with van der Waals surface area (Å²) in [6.45, 7) is 0. The van der Waals surface area contributed by atoms with E-state index in [2.05, 4.69) is 12.6 Å². The molecule has 0 aliphatic heterocycles. The molecule has 0 aliphatic rings. The molecular weight excluding hydrogens is 227 g/mol. The number of rotatable bonds is 1. The Morgan fingerprint density at radius 3 is 2.40 bits per heavy atom. The van der Waals surface area contributed by atoms with Crippen molar-refractivity contribution in [2.24, 2.45) is 0 Å². The predicted octanol–water partition coefficient (Wildman–Crippen LogP) is 2.87. The van der Waals surface area contributed by atoms with Gasteiger partial charge in [-0.25, -0.2) is 0 Å². The van der Waals surface area contributed by atoms with Crippen LogP contribution in [0, 0.1) is 11.3 Å². The molecule has 0 saturated carbocycles. The van der Waals surface area contributed by atoms with Crippen LogP contribution in [-0.4, -0.2) is 7.11 Å². The van der Waals surface area contributed by atoms with Crippen molar-refractivity contribution in [2.45, 2.75) is 11.1 Å². The molecule has 80 valence electrons. The van der Waals surface area contributed by atoms with Gasteiger partial charge in [0.15, 0.2) is 0 Å². The van der Waals surface area contributed by atoms with Gasteiger partial charge < -0.3 is 4.74 Å². The van der Waals surface area contributed by atoms with Crippen LogP contribution in [0.25, 0.3) is 0 Å². The van der Waals surface area contributed by atoms with Gasteiger partial charge in [-0.15, -0.1) is 12.6 Å². The van der Waals surface area contributed by atoms with E-state index in [1.54, 1.807) is 6.07 Å². The molecule has 0 N–H and O–H groups in total. The zero-order chi connectivity index (χ0) is 11.6. The molecule has 1 rings (SSSR count). The predicted molar refractivity (Wildman–Crippen MR) is 50.0 cm³/mol. The zero-order valence-electron chi connectivity index (χ0n) is 7.59. The first-order valence-electron chi connectivity index (χ1n) is 3.78. The summed E-state index contributed by atoms with van der Waals surface area (Å²) >= 11 is 3.83. The molecule has 0 unspecified atom stereocenters. The smallest absolute Gasteiger partial charge is 0.416 e. The van der Waals surface area contributed by atoms with E-state index in [0.717, 1.165) is 12.1 Å². The maximum atomic E-state index is 12.3. The van der Waals surface area contributed by atoms with E-state index in [0.29, 0.717) is 0 Å². The number of hydrogen-bond donors (Lipinski definition) is 1. The average molecular weight is 233 g/mol. The molecule has 0 fully saturated rings. The molecule has 0 atom stereocenters. The number of hydrogen-bond acceptors (Lipinski definition) is 3. The Morgan fingerprint density at radius 1 is 1.40 bits per heavy atom. The summed E-state index contributed by atoms with van der Waals surface area (Å²) in [7, 11) is 1.27. The second-order valence-corrected chi connectivity index (χ2v) is 3.17. The van der Waals surface area contributed by atoms with Crippen molar-refractivity contribution < 1.29 is 17.9 Å². The van der Waals surface area contributed by atoms with Gasteiger partial charge in [-0.1, -0.05) is 0 Å². The first kappa shape index (κ1) is 11.7. The topological polar surface area (TPSA) is 33.0 Å². The van der Waals surface area contributed by atoms with Crippen molar-refractivity contribution in [1.29, 1.82) is 5.26 Å². The van der Waals surface area contributed by atoms with E-state index in [4.69, 9.17) is 10.00 Å². The Labute approximate surface area is 89.7 Å². The summed E-state index contributed by atoms with van der Waals surface area (Å²) in [5, 5.41) is 8.63. The molecule has 0 spiro atoms. The molecule has 2 nitrogen and oxygen atoms in total. The Morgan fingerprint density at radius 2 is 2.00 bits per heavy atom. The minimum atomic E-state index is -4.49. The maximum Gasteiger partial charge on any atom is 0.416 e. The van der Waals surface area contributed by atoms with Crippen LogP contribution in [-0.2, 0) is 6.18 Å². The molecule has 0 aliphatic carbocycles. The zero-order valence-corrected chi connectivity index (χ0v) is 8.49. The summed E-state index contributed by atoms with van der Waals surface area (Å²) in [5.41, 5.74) is -1.10. The minimum absolute atomic E-state index is 0.0103. The fourth-order valence-corrected chi connectivity index (χ4v) is 1.43. The summed E-state index contributed by atoms with van der Waals surface area (Å²) in [4.78, 5) is -0.0103. The molecule has 0 saturated heterocycles. The molecule has 1 aromatic rings. The molecule has 0 heterocycles. The molecular formula is C9H6F3NOS. The van der Waals surface area contributed by atoms with Crippen LogP contribution >= 0.6 is 12.6 Å². The number of nitrogens with zero attached hydrogens (tertiary/aromatic N) is 1. The largest absolute Gasteiger partial charge is 0.494 e. The quantitative estimate of drug-likeness (QED) is 0.756. The molecule has 6 heteroatoms. The van der Waals surface area contributed by atoms with Crippen LogP contribution in [0.4, 0.5) is 13.2 Å². The minimum Gasteiger partial charge on any atom is -0.494 e. The Kier molecular flexibility index (Phi) is 3.15. The van der Waals surface area contributed by atoms with Crippen molar-refractivity contribution in [3.63, 3.8) is 0 Å². The number of thiol groups is 1. The fraction of sp³-hybridized carbons (Fsp3) is 0.222. The van der Waals surface area contributed by atoms with Crippen LogP contribution in [0.1, 0.15) is 11.1 Å². The molecule has 0 amide bonds. The van der Waals surface area contributed by atoms with Crippen molar-refractivity contribution in [2.75, 3.05) is 7.11 Å². The first-order chi connectivity index (χ1) is 6.90. The third kappa shape index (κ3) is 2.36. The molecule has 1 aromatic carbocycles. The van der Waals surface area contributed by atoms with Gasteiger partial charge in [-0.3, -0.25) is 0 Å². The summed E-state index contributed by atoms with van der Waals surface area (Å²) in [5.74, 6) is 0.0498. The molecule has 0 bridgehead atoms. The summed E-state index contributed by atoms with van der Waals surface area (Å²) in [6.07, 6.45) is -4.49. The van der Waals surface area contributed by atoms with E-state index >= 15 is 0 Å². The number of methoxy groups -OCH3 is 1. The first-order valence-corrected chi connectivity index (χ1v) is 4.23. The fourth-order valence-electron chi connectivity index (χ4n) is 1.07. The highest BCUT2D eigenvalue weighted by Crippen LogP contribution is 2.36. The van der Waals surface area contributed by atoms with Crippen molar-refractivity contribution >= 4 is 12.6 Å². The highest BCUT2D eigenvalue weighted by molar-refractivity contribution is 7.80. The number of ether oxygens (including phenoxy) is 1. The van der Waals surface area contributed by atoms with E-state index < -0.39 is 11.7 Å².